The SMILES string of the molecule is Cc1cccc(NC(=O)N(c2ccc(F)cc2)c2ccnc(NC(C)C(C)(C)O)n2)c1. The van der Waals surface area contributed by atoms with Gasteiger partial charge in [0.25, 0.3) is 0 Å². The number of aromatic nitrogens is 2. The number of urea groups is 1. The van der Waals surface area contributed by atoms with E-state index in [2.05, 4.69) is 20.6 Å². The van der Waals surface area contributed by atoms with E-state index in [1.807, 2.05) is 25.1 Å². The zero-order valence-electron chi connectivity index (χ0n) is 17.9. The molecule has 0 aliphatic heterocycles. The number of carbonyl (C=O) groups excluding carboxylic acids is 1. The van der Waals surface area contributed by atoms with Gasteiger partial charge in [0.1, 0.15) is 11.6 Å². The van der Waals surface area contributed by atoms with Crippen LogP contribution < -0.4 is 15.5 Å². The normalized spacial score (nSPS) is 12.2. The van der Waals surface area contributed by atoms with E-state index in [-0.39, 0.29) is 17.8 Å². The summed E-state index contributed by atoms with van der Waals surface area (Å²) in [6.07, 6.45) is 1.51. The predicted octanol–water partition coefficient (Wildman–Crippen LogP) is 4.87. The summed E-state index contributed by atoms with van der Waals surface area (Å²) in [5.41, 5.74) is 1.06. The molecule has 2 amide bonds. The minimum atomic E-state index is -1.00. The molecular formula is C23H26FN5O2. The molecule has 162 valence electrons. The van der Waals surface area contributed by atoms with Gasteiger partial charge in [-0.3, -0.25) is 0 Å². The van der Waals surface area contributed by atoms with Crippen molar-refractivity contribution in [2.45, 2.75) is 39.3 Å². The summed E-state index contributed by atoms with van der Waals surface area (Å²) >= 11 is 0. The van der Waals surface area contributed by atoms with Crippen molar-refractivity contribution in [3.8, 4) is 0 Å². The van der Waals surface area contributed by atoms with E-state index in [0.717, 1.165) is 5.56 Å². The van der Waals surface area contributed by atoms with Crippen LogP contribution in [0.1, 0.15) is 26.3 Å². The lowest BCUT2D eigenvalue weighted by Gasteiger charge is -2.27. The van der Waals surface area contributed by atoms with Crippen molar-refractivity contribution in [3.63, 3.8) is 0 Å². The van der Waals surface area contributed by atoms with E-state index in [9.17, 15) is 14.3 Å². The van der Waals surface area contributed by atoms with Gasteiger partial charge in [-0.15, -0.1) is 0 Å². The van der Waals surface area contributed by atoms with Crippen LogP contribution in [0, 0.1) is 12.7 Å². The molecular weight excluding hydrogens is 397 g/mol. The monoisotopic (exact) mass is 423 g/mol. The molecule has 1 heterocycles. The highest BCUT2D eigenvalue weighted by Gasteiger charge is 2.24. The zero-order chi connectivity index (χ0) is 22.6. The van der Waals surface area contributed by atoms with Gasteiger partial charge < -0.3 is 15.7 Å². The molecule has 7 nitrogen and oxygen atoms in total. The van der Waals surface area contributed by atoms with E-state index in [1.165, 1.54) is 35.4 Å². The van der Waals surface area contributed by atoms with Crippen molar-refractivity contribution >= 4 is 29.2 Å². The van der Waals surface area contributed by atoms with Crippen molar-refractivity contribution in [1.82, 2.24) is 9.97 Å². The molecule has 0 fully saturated rings. The van der Waals surface area contributed by atoms with Crippen LogP contribution in [0.3, 0.4) is 0 Å². The van der Waals surface area contributed by atoms with Crippen molar-refractivity contribution in [2.75, 3.05) is 15.5 Å². The van der Waals surface area contributed by atoms with E-state index in [0.29, 0.717) is 11.4 Å². The number of amides is 2. The summed E-state index contributed by atoms with van der Waals surface area (Å²) in [5.74, 6) is 0.131. The Hall–Kier alpha value is -3.52. The highest BCUT2D eigenvalue weighted by molar-refractivity contribution is 6.06. The molecule has 8 heteroatoms. The second-order valence-electron chi connectivity index (χ2n) is 7.87. The molecule has 1 unspecified atom stereocenters. The summed E-state index contributed by atoms with van der Waals surface area (Å²) in [6.45, 7) is 7.08. The molecule has 3 rings (SSSR count). The number of rotatable bonds is 6. The molecule has 0 saturated carbocycles. The van der Waals surface area contributed by atoms with Gasteiger partial charge in [-0.05, 0) is 69.7 Å². The number of aryl methyl sites for hydroxylation is 1. The fourth-order valence-corrected chi connectivity index (χ4v) is 2.76. The van der Waals surface area contributed by atoms with Crippen LogP contribution in [0.15, 0.2) is 60.8 Å². The Labute approximate surface area is 181 Å². The Morgan fingerprint density at radius 2 is 1.87 bits per heavy atom. The fourth-order valence-electron chi connectivity index (χ4n) is 2.76. The van der Waals surface area contributed by atoms with Crippen LogP contribution in [0.25, 0.3) is 0 Å². The first-order valence-electron chi connectivity index (χ1n) is 9.89. The summed E-state index contributed by atoms with van der Waals surface area (Å²) in [7, 11) is 0. The first kappa shape index (κ1) is 22.2. The topological polar surface area (TPSA) is 90.4 Å². The summed E-state index contributed by atoms with van der Waals surface area (Å²) < 4.78 is 13.5. The minimum Gasteiger partial charge on any atom is -0.388 e. The summed E-state index contributed by atoms with van der Waals surface area (Å²) in [4.78, 5) is 23.2. The molecule has 0 radical (unpaired) electrons. The maximum absolute atomic E-state index is 13.5. The Morgan fingerprint density at radius 3 is 2.52 bits per heavy atom. The van der Waals surface area contributed by atoms with Crippen LogP contribution >= 0.6 is 0 Å². The van der Waals surface area contributed by atoms with Gasteiger partial charge in [0.15, 0.2) is 0 Å². The molecule has 1 atom stereocenters. The van der Waals surface area contributed by atoms with Crippen LogP contribution in [-0.2, 0) is 0 Å². The van der Waals surface area contributed by atoms with Gasteiger partial charge in [-0.25, -0.2) is 19.1 Å². The van der Waals surface area contributed by atoms with Crippen molar-refractivity contribution in [1.29, 1.82) is 0 Å². The Kier molecular flexibility index (Phi) is 6.50. The van der Waals surface area contributed by atoms with Crippen LogP contribution in [0.4, 0.5) is 32.3 Å². The van der Waals surface area contributed by atoms with E-state index in [1.54, 1.807) is 32.9 Å². The van der Waals surface area contributed by atoms with Gasteiger partial charge in [-0.1, -0.05) is 12.1 Å². The van der Waals surface area contributed by atoms with Crippen LogP contribution in [-0.4, -0.2) is 32.7 Å². The maximum atomic E-state index is 13.5. The lowest BCUT2D eigenvalue weighted by Crippen LogP contribution is -2.40. The lowest BCUT2D eigenvalue weighted by atomic mass is 10.0. The molecule has 3 aromatic rings. The van der Waals surface area contributed by atoms with Gasteiger partial charge in [0, 0.05) is 18.0 Å². The number of nitrogens with one attached hydrogen (secondary N) is 2. The molecule has 0 aliphatic carbocycles. The largest absolute Gasteiger partial charge is 0.388 e. The van der Waals surface area contributed by atoms with Crippen LogP contribution in [0.5, 0.6) is 0 Å². The quantitative estimate of drug-likeness (QED) is 0.526. The van der Waals surface area contributed by atoms with Gasteiger partial charge in [0.05, 0.1) is 17.3 Å². The second kappa shape index (κ2) is 9.09. The molecule has 0 aliphatic rings. The second-order valence-corrected chi connectivity index (χ2v) is 7.87. The Morgan fingerprint density at radius 1 is 1.16 bits per heavy atom. The summed E-state index contributed by atoms with van der Waals surface area (Å²) in [5, 5.41) is 16.1. The molecule has 31 heavy (non-hydrogen) atoms. The number of hydrogen-bond acceptors (Lipinski definition) is 5. The third-order valence-corrected chi connectivity index (χ3v) is 4.83. The number of hydrogen-bond donors (Lipinski definition) is 3. The van der Waals surface area contributed by atoms with Crippen molar-refractivity contribution in [2.24, 2.45) is 0 Å². The number of nitrogens with zero attached hydrogens (tertiary/aromatic N) is 3. The minimum absolute atomic E-state index is 0.252. The average molecular weight is 423 g/mol. The average Bonchev–Trinajstić information content (AvgIpc) is 2.69. The Balaban J connectivity index is 1.96. The standard InChI is InChI=1S/C23H26FN5O2/c1-15-6-5-7-18(14-15)27-22(30)29(19-10-8-17(24)9-11-19)20-12-13-25-21(28-20)26-16(2)23(3,4)31/h5-14,16,31H,1-4H3,(H,27,30)(H,25,26,28). The molecule has 1 aromatic heterocycles. The third kappa shape index (κ3) is 5.76. The van der Waals surface area contributed by atoms with Crippen LogP contribution in [0.2, 0.25) is 0 Å². The molecule has 2 aromatic carbocycles. The maximum Gasteiger partial charge on any atom is 0.332 e. The van der Waals surface area contributed by atoms with Crippen molar-refractivity contribution < 1.29 is 14.3 Å². The highest BCUT2D eigenvalue weighted by atomic mass is 19.1. The third-order valence-electron chi connectivity index (χ3n) is 4.83. The number of aliphatic hydroxyl groups is 1. The molecule has 0 spiro atoms. The van der Waals surface area contributed by atoms with Gasteiger partial charge in [-0.2, -0.15) is 4.98 Å². The first-order valence-corrected chi connectivity index (χ1v) is 9.89. The number of benzene rings is 2. The van der Waals surface area contributed by atoms with Gasteiger partial charge in [0.2, 0.25) is 5.95 Å². The predicted molar refractivity (Wildman–Crippen MR) is 120 cm³/mol. The summed E-state index contributed by atoms with van der Waals surface area (Å²) in [6, 6.07) is 13.7. The fraction of sp³-hybridized carbons (Fsp3) is 0.261. The number of anilines is 4. The number of halogens is 1. The lowest BCUT2D eigenvalue weighted by molar-refractivity contribution is 0.0646. The smallest absolute Gasteiger partial charge is 0.332 e. The van der Waals surface area contributed by atoms with Crippen molar-refractivity contribution in [3.05, 3.63) is 72.2 Å². The molecule has 0 bridgehead atoms. The van der Waals surface area contributed by atoms with E-state index >= 15 is 0 Å². The first-order chi connectivity index (χ1) is 14.6. The number of carbonyl (C=O) groups is 1. The highest BCUT2D eigenvalue weighted by Crippen LogP contribution is 2.26. The Bertz CT molecular complexity index is 1050. The molecule has 0 saturated heterocycles. The van der Waals surface area contributed by atoms with Gasteiger partial charge >= 0.3 is 6.03 Å². The van der Waals surface area contributed by atoms with E-state index in [4.69, 9.17) is 0 Å². The van der Waals surface area contributed by atoms with E-state index < -0.39 is 17.4 Å². The molecule has 3 N–H and O–H groups in total. The zero-order valence-corrected chi connectivity index (χ0v) is 17.9.